The number of hydrogen-bond donors (Lipinski definition) is 0. The van der Waals surface area contributed by atoms with Crippen molar-refractivity contribution in [3.63, 3.8) is 0 Å². The molecule has 0 aromatic carbocycles. The van der Waals surface area contributed by atoms with Gasteiger partial charge in [0.25, 0.3) is 0 Å². The van der Waals surface area contributed by atoms with Gasteiger partial charge in [0.2, 0.25) is 0 Å². The third-order valence-electron chi connectivity index (χ3n) is 3.72. The van der Waals surface area contributed by atoms with Crippen LogP contribution in [0.5, 0.6) is 0 Å². The fourth-order valence-corrected chi connectivity index (χ4v) is 3.06. The molecule has 2 bridgehead atoms. The summed E-state index contributed by atoms with van der Waals surface area (Å²) in [6.45, 7) is 4.82. The maximum absolute atomic E-state index is 2.62. The average Bonchev–Trinajstić information content (AvgIpc) is 2.17. The van der Waals surface area contributed by atoms with Crippen LogP contribution in [0.1, 0.15) is 33.1 Å². The molecule has 0 spiro atoms. The van der Waals surface area contributed by atoms with Crippen molar-refractivity contribution in [2.45, 2.75) is 45.2 Å². The van der Waals surface area contributed by atoms with Crippen LogP contribution in [-0.2, 0) is 0 Å². The van der Waals surface area contributed by atoms with Gasteiger partial charge in [-0.2, -0.15) is 0 Å². The molecule has 0 amide bonds. The zero-order valence-corrected chi connectivity index (χ0v) is 7.88. The van der Waals surface area contributed by atoms with Crippen molar-refractivity contribution in [3.8, 4) is 0 Å². The second-order valence-electron chi connectivity index (χ2n) is 4.68. The zero-order valence-electron chi connectivity index (χ0n) is 7.88. The summed E-state index contributed by atoms with van der Waals surface area (Å²) in [5.41, 5.74) is 0. The van der Waals surface area contributed by atoms with Gasteiger partial charge in [-0.25, -0.2) is 0 Å². The van der Waals surface area contributed by atoms with E-state index in [1.54, 1.807) is 0 Å². The first-order chi connectivity index (χ1) is 5.18. The van der Waals surface area contributed by atoms with Gasteiger partial charge in [0.1, 0.15) is 0 Å². The minimum Gasteiger partial charge on any atom is -0.300 e. The summed E-state index contributed by atoms with van der Waals surface area (Å²) in [5, 5.41) is 0. The normalized spacial score (nSPS) is 51.5. The van der Waals surface area contributed by atoms with Gasteiger partial charge in [-0.1, -0.05) is 13.8 Å². The Hall–Kier alpha value is -0.0400. The third kappa shape index (κ3) is 1.10. The number of nitrogens with zero attached hydrogens (tertiary/aromatic N) is 1. The monoisotopic (exact) mass is 153 g/mol. The van der Waals surface area contributed by atoms with Gasteiger partial charge in [-0.05, 0) is 38.1 Å². The van der Waals surface area contributed by atoms with Gasteiger partial charge in [0, 0.05) is 12.1 Å². The van der Waals surface area contributed by atoms with Crippen LogP contribution in [-0.4, -0.2) is 24.0 Å². The summed E-state index contributed by atoms with van der Waals surface area (Å²) in [6, 6.07) is 1.82. The quantitative estimate of drug-likeness (QED) is 0.515. The molecule has 0 radical (unpaired) electrons. The van der Waals surface area contributed by atoms with Crippen LogP contribution in [0, 0.1) is 11.8 Å². The minimum atomic E-state index is 0.906. The van der Waals surface area contributed by atoms with E-state index in [2.05, 4.69) is 25.8 Å². The molecule has 4 unspecified atom stereocenters. The molecule has 0 N–H and O–H groups in total. The van der Waals surface area contributed by atoms with Crippen molar-refractivity contribution in [1.82, 2.24) is 4.90 Å². The maximum Gasteiger partial charge on any atom is 0.0124 e. The average molecular weight is 153 g/mol. The molecule has 2 aliphatic rings. The predicted molar refractivity (Wildman–Crippen MR) is 47.5 cm³/mol. The highest BCUT2D eigenvalue weighted by atomic mass is 15.2. The third-order valence-corrected chi connectivity index (χ3v) is 3.72. The lowest BCUT2D eigenvalue weighted by molar-refractivity contribution is 0.132. The molecule has 64 valence electrons. The highest BCUT2D eigenvalue weighted by molar-refractivity contribution is 4.95. The minimum absolute atomic E-state index is 0.906. The second kappa shape index (κ2) is 2.48. The standard InChI is InChI=1S/C10H19N/c1-7-4-9-6-8(2)10(5-7)11(9)3/h7-10H,4-6H2,1-3H3. The molecule has 11 heavy (non-hydrogen) atoms. The first kappa shape index (κ1) is 7.60. The molecule has 0 saturated carbocycles. The molecule has 1 nitrogen and oxygen atoms in total. The molecule has 0 aliphatic carbocycles. The molecular formula is C10H19N. The van der Waals surface area contributed by atoms with Crippen LogP contribution in [0.3, 0.4) is 0 Å². The van der Waals surface area contributed by atoms with E-state index in [9.17, 15) is 0 Å². The Bertz CT molecular complexity index is 153. The number of rotatable bonds is 0. The molecule has 4 atom stereocenters. The summed E-state index contributed by atoms with van der Waals surface area (Å²) >= 11 is 0. The summed E-state index contributed by atoms with van der Waals surface area (Å²) in [5.74, 6) is 1.93. The lowest BCUT2D eigenvalue weighted by Crippen LogP contribution is -2.40. The molecule has 1 heteroatoms. The van der Waals surface area contributed by atoms with E-state index in [1.807, 2.05) is 0 Å². The van der Waals surface area contributed by atoms with Gasteiger partial charge >= 0.3 is 0 Å². The fraction of sp³-hybridized carbons (Fsp3) is 1.00. The summed E-state index contributed by atoms with van der Waals surface area (Å²) in [7, 11) is 2.31. The molecule has 2 heterocycles. The van der Waals surface area contributed by atoms with Crippen molar-refractivity contribution in [2.24, 2.45) is 11.8 Å². The fourth-order valence-electron chi connectivity index (χ4n) is 3.06. The molecule has 2 rings (SSSR count). The first-order valence-corrected chi connectivity index (χ1v) is 4.90. The smallest absolute Gasteiger partial charge is 0.0124 e. The Labute approximate surface area is 69.8 Å². The van der Waals surface area contributed by atoms with E-state index >= 15 is 0 Å². The highest BCUT2D eigenvalue weighted by Crippen LogP contribution is 2.40. The van der Waals surface area contributed by atoms with E-state index < -0.39 is 0 Å². The van der Waals surface area contributed by atoms with Crippen molar-refractivity contribution < 1.29 is 0 Å². The topological polar surface area (TPSA) is 3.24 Å². The van der Waals surface area contributed by atoms with Crippen LogP contribution >= 0.6 is 0 Å². The number of hydrogen-bond acceptors (Lipinski definition) is 1. The van der Waals surface area contributed by atoms with Crippen molar-refractivity contribution >= 4 is 0 Å². The maximum atomic E-state index is 2.62. The Kier molecular flexibility index (Phi) is 1.71. The Morgan fingerprint density at radius 3 is 2.45 bits per heavy atom. The Balaban J connectivity index is 2.14. The van der Waals surface area contributed by atoms with E-state index in [-0.39, 0.29) is 0 Å². The van der Waals surface area contributed by atoms with Crippen molar-refractivity contribution in [1.29, 1.82) is 0 Å². The van der Waals surface area contributed by atoms with E-state index in [1.165, 1.54) is 19.3 Å². The van der Waals surface area contributed by atoms with Gasteiger partial charge in [0.05, 0.1) is 0 Å². The predicted octanol–water partition coefficient (Wildman–Crippen LogP) is 2.13. The summed E-state index contributed by atoms with van der Waals surface area (Å²) < 4.78 is 0. The van der Waals surface area contributed by atoms with E-state index in [4.69, 9.17) is 0 Å². The highest BCUT2D eigenvalue weighted by Gasteiger charge is 2.41. The SMILES string of the molecule is CC1CC2CC(C)C(C1)N2C. The van der Waals surface area contributed by atoms with Crippen LogP contribution in [0.25, 0.3) is 0 Å². The van der Waals surface area contributed by atoms with Crippen molar-refractivity contribution in [3.05, 3.63) is 0 Å². The second-order valence-corrected chi connectivity index (χ2v) is 4.68. The molecule has 0 aromatic heterocycles. The van der Waals surface area contributed by atoms with Crippen LogP contribution in [0.4, 0.5) is 0 Å². The van der Waals surface area contributed by atoms with Gasteiger partial charge in [-0.15, -0.1) is 0 Å². The Morgan fingerprint density at radius 1 is 1.09 bits per heavy atom. The largest absolute Gasteiger partial charge is 0.300 e. The Morgan fingerprint density at radius 2 is 1.82 bits per heavy atom. The van der Waals surface area contributed by atoms with Gasteiger partial charge < -0.3 is 4.90 Å². The van der Waals surface area contributed by atoms with Gasteiger partial charge in [-0.3, -0.25) is 0 Å². The van der Waals surface area contributed by atoms with Crippen LogP contribution in [0.15, 0.2) is 0 Å². The van der Waals surface area contributed by atoms with Crippen LogP contribution in [0.2, 0.25) is 0 Å². The van der Waals surface area contributed by atoms with Crippen LogP contribution < -0.4 is 0 Å². The number of piperidine rings is 1. The number of fused-ring (bicyclic) bond motifs is 2. The van der Waals surface area contributed by atoms with Gasteiger partial charge in [0.15, 0.2) is 0 Å². The molecule has 2 aliphatic heterocycles. The molecule has 0 aromatic rings. The lowest BCUT2D eigenvalue weighted by Gasteiger charge is -2.35. The molecule has 2 fully saturated rings. The molecule has 2 saturated heterocycles. The summed E-state index contributed by atoms with van der Waals surface area (Å²) in [4.78, 5) is 2.62. The first-order valence-electron chi connectivity index (χ1n) is 4.90. The van der Waals surface area contributed by atoms with E-state index in [0.29, 0.717) is 0 Å². The van der Waals surface area contributed by atoms with E-state index in [0.717, 1.165) is 23.9 Å². The summed E-state index contributed by atoms with van der Waals surface area (Å²) in [6.07, 6.45) is 4.33. The lowest BCUT2D eigenvalue weighted by atomic mass is 9.92. The molecular weight excluding hydrogens is 134 g/mol. The van der Waals surface area contributed by atoms with Crippen molar-refractivity contribution in [2.75, 3.05) is 7.05 Å². The zero-order chi connectivity index (χ0) is 8.01.